The van der Waals surface area contributed by atoms with Gasteiger partial charge in [-0.3, -0.25) is 15.0 Å². The Bertz CT molecular complexity index is 1460. The number of sulfonamides is 1. The third-order valence-corrected chi connectivity index (χ3v) is 9.09. The minimum Gasteiger partial charge on any atom is -0.475 e. The summed E-state index contributed by atoms with van der Waals surface area (Å²) in [4.78, 5) is 38.9. The van der Waals surface area contributed by atoms with Crippen molar-refractivity contribution in [3.63, 3.8) is 0 Å². The molecule has 0 radical (unpaired) electrons. The molecule has 2 saturated heterocycles. The predicted molar refractivity (Wildman–Crippen MR) is 161 cm³/mol. The Labute approximate surface area is 259 Å². The van der Waals surface area contributed by atoms with Crippen LogP contribution in [0.25, 0.3) is 10.8 Å². The van der Waals surface area contributed by atoms with Gasteiger partial charge in [0.1, 0.15) is 6.04 Å². The van der Waals surface area contributed by atoms with Crippen LogP contribution in [0, 0.1) is 11.3 Å². The number of carbonyl (C=O) groups is 3. The largest absolute Gasteiger partial charge is 0.490 e. The summed E-state index contributed by atoms with van der Waals surface area (Å²) in [5, 5.41) is 19.3. The number of guanidine groups is 1. The topological polar surface area (TPSA) is 186 Å². The number of carboxylic acid groups (broad SMARTS) is 1. The average Bonchev–Trinajstić information content (AvgIpc) is 3.29. The molecule has 2 aliphatic heterocycles. The Morgan fingerprint density at radius 1 is 0.978 bits per heavy atom. The second kappa shape index (κ2) is 15.9. The van der Waals surface area contributed by atoms with E-state index in [1.54, 1.807) is 21.9 Å². The molecule has 16 heteroatoms. The van der Waals surface area contributed by atoms with Gasteiger partial charge in [0.05, 0.1) is 11.3 Å². The van der Waals surface area contributed by atoms with Gasteiger partial charge in [-0.05, 0) is 54.5 Å². The predicted octanol–water partition coefficient (Wildman–Crippen LogP) is 2.63. The highest BCUT2D eigenvalue weighted by atomic mass is 32.2. The van der Waals surface area contributed by atoms with E-state index in [2.05, 4.69) is 10.0 Å². The average molecular weight is 657 g/mol. The van der Waals surface area contributed by atoms with Gasteiger partial charge in [0.2, 0.25) is 21.8 Å². The number of fused-ring (bicyclic) bond motifs is 1. The molecule has 2 heterocycles. The molecule has 2 atom stereocenters. The normalized spacial score (nSPS) is 18.2. The summed E-state index contributed by atoms with van der Waals surface area (Å²) < 4.78 is 61.0. The SMILES string of the molecule is N=C(N)N1CCCC(CNC(=O)C[C@H](NS(=O)(=O)c2ccc3ccccc3c2)C(=O)N2CCCCCC2)C1.O=C(O)C(F)(F)F. The molecule has 45 heavy (non-hydrogen) atoms. The molecular weight excluding hydrogens is 617 g/mol. The second-order valence-corrected chi connectivity index (χ2v) is 12.8. The van der Waals surface area contributed by atoms with Gasteiger partial charge in [0.15, 0.2) is 5.96 Å². The molecule has 2 aromatic rings. The van der Waals surface area contributed by atoms with Crippen molar-refractivity contribution in [2.45, 2.75) is 62.1 Å². The number of hydrogen-bond donors (Lipinski definition) is 5. The summed E-state index contributed by atoms with van der Waals surface area (Å²) in [6.45, 7) is 2.79. The van der Waals surface area contributed by atoms with Crippen molar-refractivity contribution in [2.24, 2.45) is 11.7 Å². The minimum atomic E-state index is -5.08. The molecule has 2 fully saturated rings. The van der Waals surface area contributed by atoms with Gasteiger partial charge >= 0.3 is 12.1 Å². The van der Waals surface area contributed by atoms with Gasteiger partial charge in [-0.2, -0.15) is 17.9 Å². The molecule has 0 spiro atoms. The highest BCUT2D eigenvalue weighted by Crippen LogP contribution is 2.21. The first kappa shape index (κ1) is 35.6. The van der Waals surface area contributed by atoms with Crippen LogP contribution in [0.2, 0.25) is 0 Å². The van der Waals surface area contributed by atoms with E-state index in [4.69, 9.17) is 21.0 Å². The maximum absolute atomic E-state index is 13.5. The van der Waals surface area contributed by atoms with Crippen LogP contribution in [0.3, 0.4) is 0 Å². The third-order valence-electron chi connectivity index (χ3n) is 7.62. The molecule has 0 aliphatic carbocycles. The number of hydrogen-bond acceptors (Lipinski definition) is 6. The lowest BCUT2D eigenvalue weighted by Crippen LogP contribution is -2.51. The van der Waals surface area contributed by atoms with Crippen molar-refractivity contribution in [1.29, 1.82) is 5.41 Å². The fraction of sp³-hybridized carbons (Fsp3) is 0.517. The number of nitrogens with two attached hydrogens (primary N) is 1. The van der Waals surface area contributed by atoms with Crippen molar-refractivity contribution < 1.29 is 41.1 Å². The number of nitrogens with one attached hydrogen (secondary N) is 3. The van der Waals surface area contributed by atoms with Gasteiger partial charge in [0, 0.05) is 32.7 Å². The smallest absolute Gasteiger partial charge is 0.475 e. The van der Waals surface area contributed by atoms with Gasteiger partial charge in [-0.15, -0.1) is 0 Å². The number of aliphatic carboxylic acids is 1. The third kappa shape index (κ3) is 10.9. The molecule has 6 N–H and O–H groups in total. The molecule has 0 bridgehead atoms. The van der Waals surface area contributed by atoms with Crippen molar-refractivity contribution in [3.05, 3.63) is 42.5 Å². The molecule has 2 aliphatic rings. The Balaban J connectivity index is 0.000000707. The lowest BCUT2D eigenvalue weighted by atomic mass is 9.98. The number of amides is 2. The van der Waals surface area contributed by atoms with Crippen molar-refractivity contribution in [2.75, 3.05) is 32.7 Å². The van der Waals surface area contributed by atoms with Gasteiger partial charge < -0.3 is 26.0 Å². The molecule has 2 amide bonds. The second-order valence-electron chi connectivity index (χ2n) is 11.1. The first-order valence-electron chi connectivity index (χ1n) is 14.6. The number of rotatable bonds is 8. The molecule has 12 nitrogen and oxygen atoms in total. The lowest BCUT2D eigenvalue weighted by molar-refractivity contribution is -0.192. The molecule has 248 valence electrons. The van der Waals surface area contributed by atoms with Crippen LogP contribution in [0.4, 0.5) is 13.2 Å². The zero-order valence-corrected chi connectivity index (χ0v) is 25.5. The summed E-state index contributed by atoms with van der Waals surface area (Å²) in [6.07, 6.45) is 0.168. The number of alkyl halides is 3. The van der Waals surface area contributed by atoms with Crippen molar-refractivity contribution >= 4 is 44.5 Å². The quantitative estimate of drug-likeness (QED) is 0.212. The summed E-state index contributed by atoms with van der Waals surface area (Å²) in [6, 6.07) is 11.1. The van der Waals surface area contributed by atoms with Crippen LogP contribution in [0.5, 0.6) is 0 Å². The summed E-state index contributed by atoms with van der Waals surface area (Å²) >= 11 is 0. The maximum atomic E-state index is 13.5. The van der Waals surface area contributed by atoms with Crippen LogP contribution in [-0.4, -0.2) is 92.0 Å². The highest BCUT2D eigenvalue weighted by Gasteiger charge is 2.38. The molecule has 0 saturated carbocycles. The van der Waals surface area contributed by atoms with E-state index in [0.717, 1.165) is 55.8 Å². The number of piperidine rings is 1. The Hall–Kier alpha value is -3.92. The number of carboxylic acids is 1. The molecule has 2 aromatic carbocycles. The first-order chi connectivity index (χ1) is 21.2. The van der Waals surface area contributed by atoms with E-state index in [9.17, 15) is 31.2 Å². The van der Waals surface area contributed by atoms with E-state index >= 15 is 0 Å². The monoisotopic (exact) mass is 656 g/mol. The Kier molecular flexibility index (Phi) is 12.6. The zero-order chi connectivity index (χ0) is 33.2. The molecular formula is C29H39F3N6O6S. The molecule has 4 rings (SSSR count). The zero-order valence-electron chi connectivity index (χ0n) is 24.7. The van der Waals surface area contributed by atoms with Crippen LogP contribution in [0.1, 0.15) is 44.9 Å². The van der Waals surface area contributed by atoms with E-state index < -0.39 is 28.2 Å². The fourth-order valence-corrected chi connectivity index (χ4v) is 6.47. The van der Waals surface area contributed by atoms with Crippen LogP contribution < -0.4 is 15.8 Å². The van der Waals surface area contributed by atoms with Crippen molar-refractivity contribution in [1.82, 2.24) is 19.8 Å². The van der Waals surface area contributed by atoms with Crippen LogP contribution >= 0.6 is 0 Å². The number of carbonyl (C=O) groups excluding carboxylic acids is 2. The van der Waals surface area contributed by atoms with Crippen LogP contribution in [0.15, 0.2) is 47.4 Å². The van der Waals surface area contributed by atoms with E-state index in [0.29, 0.717) is 26.2 Å². The van der Waals surface area contributed by atoms with Gasteiger partial charge in [0.25, 0.3) is 0 Å². The number of likely N-dealkylation sites (tertiary alicyclic amines) is 2. The number of benzene rings is 2. The number of nitrogens with zero attached hydrogens (tertiary/aromatic N) is 2. The standard InChI is InChI=1S/C27H38N6O4S.C2HF3O2/c28-27(29)33-15-7-8-20(19-33)18-30-25(34)17-24(26(35)32-13-5-1-2-6-14-32)31-38(36,37)23-12-11-21-9-3-4-10-22(21)16-23;3-2(4,5)1(6)7/h3-4,9-12,16,20,24,31H,1-2,5-8,13-15,17-19H2,(H3,28,29)(H,30,34);(H,6,7)/t20?,24-;/m0./s1. The van der Waals surface area contributed by atoms with Crippen LogP contribution in [-0.2, 0) is 24.4 Å². The molecule has 1 unspecified atom stereocenters. The summed E-state index contributed by atoms with van der Waals surface area (Å²) in [5.74, 6) is -3.36. The maximum Gasteiger partial charge on any atom is 0.490 e. The number of halogens is 3. The molecule has 0 aromatic heterocycles. The first-order valence-corrected chi connectivity index (χ1v) is 16.1. The summed E-state index contributed by atoms with van der Waals surface area (Å²) in [7, 11) is -4.06. The van der Waals surface area contributed by atoms with E-state index in [1.165, 1.54) is 6.07 Å². The van der Waals surface area contributed by atoms with Gasteiger partial charge in [-0.1, -0.05) is 43.2 Å². The van der Waals surface area contributed by atoms with E-state index in [-0.39, 0.29) is 35.0 Å². The van der Waals surface area contributed by atoms with E-state index in [1.807, 2.05) is 24.3 Å². The summed E-state index contributed by atoms with van der Waals surface area (Å²) in [5.41, 5.74) is 5.62. The minimum absolute atomic E-state index is 0.0206. The van der Waals surface area contributed by atoms with Gasteiger partial charge in [-0.25, -0.2) is 13.2 Å². The Morgan fingerprint density at radius 2 is 1.58 bits per heavy atom. The fourth-order valence-electron chi connectivity index (χ4n) is 5.25. The lowest BCUT2D eigenvalue weighted by Gasteiger charge is -2.33. The van der Waals surface area contributed by atoms with Crippen molar-refractivity contribution in [3.8, 4) is 0 Å². The highest BCUT2D eigenvalue weighted by molar-refractivity contribution is 7.89. The Morgan fingerprint density at radius 3 is 2.18 bits per heavy atom.